The molecular formula is C24H32. The zero-order valence-electron chi connectivity index (χ0n) is 16.1. The molecule has 0 amide bonds. The summed E-state index contributed by atoms with van der Waals surface area (Å²) in [5.41, 5.74) is 8.82. The Labute approximate surface area is 148 Å². The van der Waals surface area contributed by atoms with E-state index >= 15 is 0 Å². The van der Waals surface area contributed by atoms with Crippen LogP contribution in [0.5, 0.6) is 0 Å². The van der Waals surface area contributed by atoms with E-state index in [2.05, 4.69) is 71.0 Å². The Balaban J connectivity index is 2.04. The van der Waals surface area contributed by atoms with Crippen molar-refractivity contribution in [2.75, 3.05) is 0 Å². The molecule has 2 aromatic rings. The fourth-order valence-electron chi connectivity index (χ4n) is 4.52. The maximum absolute atomic E-state index is 2.54. The number of aryl methyl sites for hydroxylation is 3. The van der Waals surface area contributed by atoms with Crippen molar-refractivity contribution in [3.05, 3.63) is 69.8 Å². The molecule has 0 aliphatic heterocycles. The van der Waals surface area contributed by atoms with Gasteiger partial charge in [-0.3, -0.25) is 0 Å². The van der Waals surface area contributed by atoms with E-state index in [1.165, 1.54) is 59.9 Å². The van der Waals surface area contributed by atoms with Crippen molar-refractivity contribution >= 4 is 0 Å². The maximum Gasteiger partial charge on any atom is 0.0149 e. The van der Waals surface area contributed by atoms with Gasteiger partial charge in [-0.05, 0) is 67.3 Å². The standard InChI is InChI=1S/C24H32/c1-17-11-13-21(14-12-17)24(4,5)23-16-22(18(2)15-19(23)3)20-9-7-6-8-10-20/h11-16,20H,6-10H2,1-5H3. The van der Waals surface area contributed by atoms with Gasteiger partial charge in [0.2, 0.25) is 0 Å². The van der Waals surface area contributed by atoms with Crippen LogP contribution in [0, 0.1) is 20.8 Å². The predicted octanol–water partition coefficient (Wildman–Crippen LogP) is 6.99. The van der Waals surface area contributed by atoms with Crippen molar-refractivity contribution in [3.63, 3.8) is 0 Å². The summed E-state index contributed by atoms with van der Waals surface area (Å²) in [6.07, 6.45) is 6.95. The summed E-state index contributed by atoms with van der Waals surface area (Å²) >= 11 is 0. The van der Waals surface area contributed by atoms with Crippen molar-refractivity contribution in [1.82, 2.24) is 0 Å². The normalized spacial score (nSPS) is 16.4. The molecule has 24 heavy (non-hydrogen) atoms. The summed E-state index contributed by atoms with van der Waals surface area (Å²) < 4.78 is 0. The molecule has 1 aliphatic carbocycles. The highest BCUT2D eigenvalue weighted by Gasteiger charge is 2.27. The molecule has 0 nitrogen and oxygen atoms in total. The van der Waals surface area contributed by atoms with Crippen LogP contribution < -0.4 is 0 Å². The first-order valence-corrected chi connectivity index (χ1v) is 9.58. The van der Waals surface area contributed by atoms with Crippen LogP contribution in [0.25, 0.3) is 0 Å². The van der Waals surface area contributed by atoms with Crippen LogP contribution in [0.4, 0.5) is 0 Å². The van der Waals surface area contributed by atoms with Crippen LogP contribution in [-0.4, -0.2) is 0 Å². The highest BCUT2D eigenvalue weighted by atomic mass is 14.3. The van der Waals surface area contributed by atoms with Crippen LogP contribution in [-0.2, 0) is 5.41 Å². The lowest BCUT2D eigenvalue weighted by Gasteiger charge is -2.31. The topological polar surface area (TPSA) is 0 Å². The monoisotopic (exact) mass is 320 g/mol. The average molecular weight is 321 g/mol. The van der Waals surface area contributed by atoms with Crippen LogP contribution in [0.2, 0.25) is 0 Å². The number of hydrogen-bond donors (Lipinski definition) is 0. The molecule has 0 spiro atoms. The Morgan fingerprint density at radius 1 is 0.792 bits per heavy atom. The van der Waals surface area contributed by atoms with Crippen molar-refractivity contribution in [2.24, 2.45) is 0 Å². The van der Waals surface area contributed by atoms with Gasteiger partial charge in [0.1, 0.15) is 0 Å². The fourth-order valence-corrected chi connectivity index (χ4v) is 4.52. The van der Waals surface area contributed by atoms with Gasteiger partial charge < -0.3 is 0 Å². The SMILES string of the molecule is Cc1ccc(C(C)(C)c2cc(C3CCCCC3)c(C)cc2C)cc1. The molecule has 128 valence electrons. The van der Waals surface area contributed by atoms with Gasteiger partial charge in [0.05, 0.1) is 0 Å². The van der Waals surface area contributed by atoms with Gasteiger partial charge >= 0.3 is 0 Å². The molecule has 0 heterocycles. The largest absolute Gasteiger partial charge is 0.0590 e. The molecule has 0 atom stereocenters. The second kappa shape index (κ2) is 6.75. The van der Waals surface area contributed by atoms with Gasteiger partial charge in [0.25, 0.3) is 0 Å². The first kappa shape index (κ1) is 17.3. The molecule has 0 unspecified atom stereocenters. The Morgan fingerprint density at radius 3 is 2.04 bits per heavy atom. The number of rotatable bonds is 3. The number of benzene rings is 2. The highest BCUT2D eigenvalue weighted by Crippen LogP contribution is 2.40. The third-order valence-electron chi connectivity index (χ3n) is 6.10. The van der Waals surface area contributed by atoms with E-state index in [4.69, 9.17) is 0 Å². The van der Waals surface area contributed by atoms with Crippen LogP contribution >= 0.6 is 0 Å². The molecule has 0 aromatic heterocycles. The third kappa shape index (κ3) is 3.29. The molecule has 0 saturated heterocycles. The zero-order chi connectivity index (χ0) is 17.3. The van der Waals surface area contributed by atoms with Crippen LogP contribution in [0.15, 0.2) is 36.4 Å². The summed E-state index contributed by atoms with van der Waals surface area (Å²) in [7, 11) is 0. The molecule has 0 heteroatoms. The van der Waals surface area contributed by atoms with Gasteiger partial charge in [-0.2, -0.15) is 0 Å². The molecule has 1 saturated carbocycles. The van der Waals surface area contributed by atoms with Crippen molar-refractivity contribution in [3.8, 4) is 0 Å². The summed E-state index contributed by atoms with van der Waals surface area (Å²) in [6.45, 7) is 11.5. The van der Waals surface area contributed by atoms with E-state index in [0.29, 0.717) is 0 Å². The molecule has 0 radical (unpaired) electrons. The van der Waals surface area contributed by atoms with Gasteiger partial charge in [0.15, 0.2) is 0 Å². The Bertz CT molecular complexity index is 698. The zero-order valence-corrected chi connectivity index (χ0v) is 16.1. The molecular weight excluding hydrogens is 288 g/mol. The second-order valence-electron chi connectivity index (χ2n) is 8.35. The Hall–Kier alpha value is -1.56. The second-order valence-corrected chi connectivity index (χ2v) is 8.35. The van der Waals surface area contributed by atoms with E-state index in [1.807, 2.05) is 0 Å². The van der Waals surface area contributed by atoms with E-state index in [-0.39, 0.29) is 5.41 Å². The van der Waals surface area contributed by atoms with Gasteiger partial charge in [-0.25, -0.2) is 0 Å². The van der Waals surface area contributed by atoms with E-state index in [9.17, 15) is 0 Å². The fraction of sp³-hybridized carbons (Fsp3) is 0.500. The summed E-state index contributed by atoms with van der Waals surface area (Å²) in [5, 5.41) is 0. The first-order chi connectivity index (χ1) is 11.4. The van der Waals surface area contributed by atoms with E-state index in [1.54, 1.807) is 5.56 Å². The van der Waals surface area contributed by atoms with Crippen molar-refractivity contribution < 1.29 is 0 Å². The average Bonchev–Trinajstić information content (AvgIpc) is 2.56. The molecule has 1 aliphatic rings. The lowest BCUT2D eigenvalue weighted by Crippen LogP contribution is -2.21. The van der Waals surface area contributed by atoms with Gasteiger partial charge in [-0.15, -0.1) is 0 Å². The molecule has 1 fully saturated rings. The quantitative estimate of drug-likeness (QED) is 0.572. The molecule has 2 aromatic carbocycles. The Morgan fingerprint density at radius 2 is 1.42 bits per heavy atom. The lowest BCUT2D eigenvalue weighted by atomic mass is 9.73. The van der Waals surface area contributed by atoms with E-state index < -0.39 is 0 Å². The van der Waals surface area contributed by atoms with Gasteiger partial charge in [0, 0.05) is 5.41 Å². The Kier molecular flexibility index (Phi) is 4.85. The third-order valence-corrected chi connectivity index (χ3v) is 6.10. The van der Waals surface area contributed by atoms with Crippen molar-refractivity contribution in [1.29, 1.82) is 0 Å². The smallest absolute Gasteiger partial charge is 0.0149 e. The van der Waals surface area contributed by atoms with Crippen LogP contribution in [0.1, 0.15) is 85.3 Å². The predicted molar refractivity (Wildman–Crippen MR) is 105 cm³/mol. The minimum atomic E-state index is 0.0505. The highest BCUT2D eigenvalue weighted by molar-refractivity contribution is 5.47. The molecule has 0 N–H and O–H groups in total. The summed E-state index contributed by atoms with van der Waals surface area (Å²) in [4.78, 5) is 0. The van der Waals surface area contributed by atoms with E-state index in [0.717, 1.165) is 5.92 Å². The van der Waals surface area contributed by atoms with Gasteiger partial charge in [-0.1, -0.05) is 75.1 Å². The molecule has 3 rings (SSSR count). The maximum atomic E-state index is 2.54. The molecule has 0 bridgehead atoms. The first-order valence-electron chi connectivity index (χ1n) is 9.58. The summed E-state index contributed by atoms with van der Waals surface area (Å²) in [5.74, 6) is 0.770. The van der Waals surface area contributed by atoms with Crippen LogP contribution in [0.3, 0.4) is 0 Å². The lowest BCUT2D eigenvalue weighted by molar-refractivity contribution is 0.441. The number of hydrogen-bond acceptors (Lipinski definition) is 0. The van der Waals surface area contributed by atoms with Crippen molar-refractivity contribution in [2.45, 2.75) is 78.1 Å². The minimum absolute atomic E-state index is 0.0505. The minimum Gasteiger partial charge on any atom is -0.0590 e. The summed E-state index contributed by atoms with van der Waals surface area (Å²) in [6, 6.07) is 14.0.